The van der Waals surface area contributed by atoms with Crippen LogP contribution in [0.2, 0.25) is 0 Å². The molecule has 1 aliphatic rings. The highest BCUT2D eigenvalue weighted by Gasteiger charge is 2.40. The van der Waals surface area contributed by atoms with Crippen LogP contribution in [0.25, 0.3) is 88.2 Å². The van der Waals surface area contributed by atoms with Crippen LogP contribution >= 0.6 is 0 Å². The number of aromatic nitrogens is 2. The van der Waals surface area contributed by atoms with Crippen LogP contribution in [0.4, 0.5) is 0 Å². The Morgan fingerprint density at radius 3 is 1.35 bits per heavy atom. The van der Waals surface area contributed by atoms with Crippen LogP contribution < -0.4 is 5.56 Å². The van der Waals surface area contributed by atoms with Gasteiger partial charge in [-0.15, -0.1) is 0 Å². The minimum Gasteiger partial charge on any atom is -0.309 e. The molecule has 0 saturated carbocycles. The molecule has 0 bridgehead atoms. The SMILES string of the molecule is CC1(c2ccc(-c3ccc(-n4c(=O)c5ccccc5c5cc(-c6ccc(-n7c8ccccc8c8ccccc87)cc6)ccc54)cc3)cc2)c2ccccc2-c2ccccc21. The van der Waals surface area contributed by atoms with Crippen molar-refractivity contribution in [3.8, 4) is 44.8 Å². The number of pyridine rings is 1. The number of fused-ring (bicyclic) bond motifs is 9. The van der Waals surface area contributed by atoms with E-state index in [0.29, 0.717) is 5.39 Å². The van der Waals surface area contributed by atoms with Crippen molar-refractivity contribution in [3.63, 3.8) is 0 Å². The van der Waals surface area contributed by atoms with Gasteiger partial charge in [0.05, 0.1) is 16.6 Å². The van der Waals surface area contributed by atoms with Gasteiger partial charge in [0.2, 0.25) is 0 Å². The Hall–Kier alpha value is -7.75. The lowest BCUT2D eigenvalue weighted by atomic mass is 9.74. The Bertz CT molecular complexity index is 3450. The molecule has 0 spiro atoms. The van der Waals surface area contributed by atoms with Gasteiger partial charge in [0.1, 0.15) is 0 Å². The first-order valence-electron chi connectivity index (χ1n) is 20.6. The summed E-state index contributed by atoms with van der Waals surface area (Å²) in [6.07, 6.45) is 0. The van der Waals surface area contributed by atoms with Crippen molar-refractivity contribution in [2.45, 2.75) is 12.3 Å². The molecule has 1 aliphatic carbocycles. The maximum absolute atomic E-state index is 14.3. The van der Waals surface area contributed by atoms with Crippen molar-refractivity contribution < 1.29 is 0 Å². The molecule has 9 aromatic carbocycles. The predicted molar refractivity (Wildman–Crippen MR) is 250 cm³/mol. The molecule has 0 saturated heterocycles. The molecule has 2 heterocycles. The monoisotopic (exact) mass is 766 g/mol. The Kier molecular flexibility index (Phi) is 7.51. The van der Waals surface area contributed by atoms with E-state index in [9.17, 15) is 4.79 Å². The highest BCUT2D eigenvalue weighted by atomic mass is 16.1. The summed E-state index contributed by atoms with van der Waals surface area (Å²) < 4.78 is 4.21. The van der Waals surface area contributed by atoms with E-state index in [0.717, 1.165) is 49.9 Å². The van der Waals surface area contributed by atoms with E-state index >= 15 is 0 Å². The largest absolute Gasteiger partial charge is 0.309 e. The molecule has 0 amide bonds. The fourth-order valence-electron chi connectivity index (χ4n) is 10.1. The van der Waals surface area contributed by atoms with Gasteiger partial charge in [-0.25, -0.2) is 0 Å². The zero-order chi connectivity index (χ0) is 40.0. The molecule has 0 fully saturated rings. The van der Waals surface area contributed by atoms with Crippen molar-refractivity contribution in [2.75, 3.05) is 0 Å². The average Bonchev–Trinajstić information content (AvgIpc) is 3.79. The lowest BCUT2D eigenvalue weighted by Gasteiger charge is -2.28. The number of rotatable bonds is 5. The van der Waals surface area contributed by atoms with Gasteiger partial charge in [-0.3, -0.25) is 9.36 Å². The molecule has 0 aliphatic heterocycles. The standard InChI is InChI=1S/C57H38N2O/c1-57(51-18-8-4-13-45(51)46-14-5-9-19-52(46)57)41-29-22-37(23-30-41)38-24-33-43(34-25-38)59-55-35-28-40(36-50(55)44-12-2-3-17-49(44)56(59)60)39-26-31-42(32-27-39)58-53-20-10-6-15-47(53)48-16-7-11-21-54(48)58/h2-36H,1H3. The third-order valence-electron chi connectivity index (χ3n) is 13.1. The molecule has 3 heteroatoms. The highest BCUT2D eigenvalue weighted by molar-refractivity contribution is 6.10. The molecule has 11 aromatic rings. The van der Waals surface area contributed by atoms with Crippen molar-refractivity contribution in [3.05, 3.63) is 239 Å². The fourth-order valence-corrected chi connectivity index (χ4v) is 10.1. The topological polar surface area (TPSA) is 26.9 Å². The van der Waals surface area contributed by atoms with E-state index < -0.39 is 0 Å². The summed E-state index contributed by atoms with van der Waals surface area (Å²) in [5, 5.41) is 5.20. The fraction of sp³-hybridized carbons (Fsp3) is 0.0351. The van der Waals surface area contributed by atoms with Crippen LogP contribution in [-0.4, -0.2) is 9.13 Å². The first-order chi connectivity index (χ1) is 29.6. The van der Waals surface area contributed by atoms with Crippen molar-refractivity contribution >= 4 is 43.5 Å². The molecule has 0 N–H and O–H groups in total. The lowest BCUT2D eigenvalue weighted by molar-refractivity contribution is 0.714. The Morgan fingerprint density at radius 2 is 0.767 bits per heavy atom. The van der Waals surface area contributed by atoms with E-state index in [4.69, 9.17) is 0 Å². The normalized spacial score (nSPS) is 12.9. The van der Waals surface area contributed by atoms with Crippen LogP contribution in [0, 0.1) is 0 Å². The molecule has 0 radical (unpaired) electrons. The molecule has 2 aromatic heterocycles. The van der Waals surface area contributed by atoms with Crippen molar-refractivity contribution in [2.24, 2.45) is 0 Å². The maximum atomic E-state index is 14.3. The van der Waals surface area contributed by atoms with E-state index in [2.05, 4.69) is 206 Å². The van der Waals surface area contributed by atoms with Gasteiger partial charge in [-0.1, -0.05) is 158 Å². The number of benzene rings is 9. The Balaban J connectivity index is 0.900. The summed E-state index contributed by atoms with van der Waals surface area (Å²) in [6, 6.07) is 75.5. The van der Waals surface area contributed by atoms with E-state index in [-0.39, 0.29) is 11.0 Å². The lowest BCUT2D eigenvalue weighted by Crippen LogP contribution is -2.22. The van der Waals surface area contributed by atoms with Gasteiger partial charge < -0.3 is 4.57 Å². The van der Waals surface area contributed by atoms with E-state index in [1.807, 2.05) is 22.8 Å². The summed E-state index contributed by atoms with van der Waals surface area (Å²) in [5.41, 5.74) is 16.0. The average molecular weight is 767 g/mol. The predicted octanol–water partition coefficient (Wildman–Crippen LogP) is 13.9. The summed E-state index contributed by atoms with van der Waals surface area (Å²) in [5.74, 6) is 0. The second-order valence-electron chi connectivity index (χ2n) is 16.2. The molecular formula is C57H38N2O. The molecule has 60 heavy (non-hydrogen) atoms. The molecule has 0 atom stereocenters. The van der Waals surface area contributed by atoms with E-state index in [1.165, 1.54) is 49.6 Å². The highest BCUT2D eigenvalue weighted by Crippen LogP contribution is 2.52. The minimum atomic E-state index is -0.231. The third-order valence-corrected chi connectivity index (χ3v) is 13.1. The number of nitrogens with zero attached hydrogens (tertiary/aromatic N) is 2. The molecule has 282 valence electrons. The molecule has 0 unspecified atom stereocenters. The van der Waals surface area contributed by atoms with Crippen LogP contribution in [0.15, 0.2) is 217 Å². The summed E-state index contributed by atoms with van der Waals surface area (Å²) in [6.45, 7) is 2.35. The Morgan fingerprint density at radius 1 is 0.350 bits per heavy atom. The van der Waals surface area contributed by atoms with Gasteiger partial charge in [0.25, 0.3) is 5.56 Å². The number of hydrogen-bond donors (Lipinski definition) is 0. The van der Waals surface area contributed by atoms with Gasteiger partial charge in [0, 0.05) is 38.3 Å². The van der Waals surface area contributed by atoms with Gasteiger partial charge in [0.15, 0.2) is 0 Å². The smallest absolute Gasteiger partial charge is 0.263 e. The quantitative estimate of drug-likeness (QED) is 0.160. The van der Waals surface area contributed by atoms with E-state index in [1.54, 1.807) is 0 Å². The molecule has 3 nitrogen and oxygen atoms in total. The van der Waals surface area contributed by atoms with Crippen LogP contribution in [0.5, 0.6) is 0 Å². The van der Waals surface area contributed by atoms with Crippen LogP contribution in [0.1, 0.15) is 23.6 Å². The number of hydrogen-bond acceptors (Lipinski definition) is 1. The van der Waals surface area contributed by atoms with Gasteiger partial charge >= 0.3 is 0 Å². The van der Waals surface area contributed by atoms with Crippen LogP contribution in [0.3, 0.4) is 0 Å². The van der Waals surface area contributed by atoms with Crippen LogP contribution in [-0.2, 0) is 5.41 Å². The van der Waals surface area contributed by atoms with Gasteiger partial charge in [-0.05, 0) is 117 Å². The molecular weight excluding hydrogens is 729 g/mol. The second kappa shape index (κ2) is 13.1. The van der Waals surface area contributed by atoms with Crippen molar-refractivity contribution in [1.29, 1.82) is 0 Å². The summed E-state index contributed by atoms with van der Waals surface area (Å²) in [4.78, 5) is 14.3. The zero-order valence-electron chi connectivity index (χ0n) is 33.0. The summed E-state index contributed by atoms with van der Waals surface area (Å²) in [7, 11) is 0. The summed E-state index contributed by atoms with van der Waals surface area (Å²) >= 11 is 0. The number of para-hydroxylation sites is 2. The zero-order valence-corrected chi connectivity index (χ0v) is 33.0. The Labute approximate surface area is 347 Å². The first-order valence-corrected chi connectivity index (χ1v) is 20.6. The maximum Gasteiger partial charge on any atom is 0.263 e. The van der Waals surface area contributed by atoms with Crippen molar-refractivity contribution in [1.82, 2.24) is 9.13 Å². The first kappa shape index (κ1) is 34.3. The van der Waals surface area contributed by atoms with Gasteiger partial charge in [-0.2, -0.15) is 0 Å². The second-order valence-corrected chi connectivity index (χ2v) is 16.2. The molecule has 12 rings (SSSR count). The minimum absolute atomic E-state index is 0.0242. The third kappa shape index (κ3) is 4.99.